The number of rotatable bonds is 8. The maximum atomic E-state index is 13.9. The van der Waals surface area contributed by atoms with Crippen LogP contribution in [-0.4, -0.2) is 46.9 Å². The maximum absolute atomic E-state index is 13.9. The number of nitrogens with one attached hydrogen (secondary N) is 2. The summed E-state index contributed by atoms with van der Waals surface area (Å²) in [5, 5.41) is 22.0. The number of nitrogens with zero attached hydrogens (tertiary/aromatic N) is 4. The number of hydrogen-bond donors (Lipinski definition) is 2. The minimum Gasteiger partial charge on any atom is -0.497 e. The molecule has 1 amide bonds. The van der Waals surface area contributed by atoms with Crippen molar-refractivity contribution in [2.45, 2.75) is 13.0 Å². The van der Waals surface area contributed by atoms with E-state index in [1.54, 1.807) is 61.2 Å². The molecule has 0 saturated heterocycles. The highest BCUT2D eigenvalue weighted by atomic mass is 16.6. The third kappa shape index (κ3) is 4.77. The number of allylic oxidation sites excluding steroid dienone is 1. The van der Waals surface area contributed by atoms with Crippen molar-refractivity contribution >= 4 is 23.2 Å². The van der Waals surface area contributed by atoms with Crippen molar-refractivity contribution in [3.05, 3.63) is 93.7 Å². The lowest BCUT2D eigenvalue weighted by molar-refractivity contribution is -0.384. The number of ether oxygens (including phenoxy) is 3. The zero-order chi connectivity index (χ0) is 28.4. The third-order valence-electron chi connectivity index (χ3n) is 6.52. The molecule has 0 bridgehead atoms. The number of non-ortho nitro benzene ring substituents is 1. The Bertz CT molecular complexity index is 1630. The van der Waals surface area contributed by atoms with Crippen LogP contribution in [0.4, 0.5) is 17.3 Å². The molecule has 3 aromatic carbocycles. The third-order valence-corrected chi connectivity index (χ3v) is 6.52. The van der Waals surface area contributed by atoms with E-state index in [-0.39, 0.29) is 11.6 Å². The van der Waals surface area contributed by atoms with Gasteiger partial charge >= 0.3 is 0 Å². The molecule has 12 nitrogen and oxygen atoms in total. The summed E-state index contributed by atoms with van der Waals surface area (Å²) in [6.07, 6.45) is 0. The molecule has 1 aromatic heterocycles. The molecule has 1 unspecified atom stereocenters. The standard InChI is InChI=1S/C28H26N6O6/c1-16-24(27(35)30-21-7-5-6-8-22(21)39-3)25(20-14-13-19(38-2)15-23(20)40-4)33-28(29-16)31-26(32-33)17-9-11-18(12-10-17)34(36)37/h5-15,25H,1-4H3,(H,30,35)(H,29,31,32). The van der Waals surface area contributed by atoms with Gasteiger partial charge in [-0.05, 0) is 43.3 Å². The molecular formula is C28H26N6O6. The number of benzene rings is 3. The summed E-state index contributed by atoms with van der Waals surface area (Å²) >= 11 is 0. The number of carbonyl (C=O) groups excluding carboxylic acids is 1. The normalized spacial score (nSPS) is 14.2. The van der Waals surface area contributed by atoms with Crippen LogP contribution in [0.5, 0.6) is 17.2 Å². The minimum atomic E-state index is -0.744. The fraction of sp³-hybridized carbons (Fsp3) is 0.179. The van der Waals surface area contributed by atoms with E-state index in [1.807, 2.05) is 12.1 Å². The van der Waals surface area contributed by atoms with Crippen LogP contribution in [0.1, 0.15) is 18.5 Å². The SMILES string of the molecule is COc1ccc(C2C(C(=O)Nc3ccccc3OC)=C(C)Nc3nc(-c4ccc([N+](=O)[O-])cc4)nn32)c(OC)c1. The summed E-state index contributed by atoms with van der Waals surface area (Å²) in [6.45, 7) is 1.78. The lowest BCUT2D eigenvalue weighted by Crippen LogP contribution is -2.31. The second kappa shape index (κ2) is 10.8. The molecule has 4 aromatic rings. The Hall–Kier alpha value is -5.39. The monoisotopic (exact) mass is 542 g/mol. The molecule has 12 heteroatoms. The van der Waals surface area contributed by atoms with Crippen molar-refractivity contribution in [1.29, 1.82) is 0 Å². The highest BCUT2D eigenvalue weighted by Crippen LogP contribution is 2.41. The number of hydrogen-bond acceptors (Lipinski definition) is 9. The molecule has 1 aliphatic rings. The van der Waals surface area contributed by atoms with Crippen LogP contribution in [0.3, 0.4) is 0 Å². The number of carbonyl (C=O) groups is 1. The lowest BCUT2D eigenvalue weighted by atomic mass is 9.94. The number of fused-ring (bicyclic) bond motifs is 1. The van der Waals surface area contributed by atoms with Crippen molar-refractivity contribution in [3.63, 3.8) is 0 Å². The first-order valence-electron chi connectivity index (χ1n) is 12.2. The van der Waals surface area contributed by atoms with E-state index in [1.165, 1.54) is 26.4 Å². The summed E-state index contributed by atoms with van der Waals surface area (Å²) in [5.74, 6) is 1.92. The molecule has 0 fully saturated rings. The molecule has 0 aliphatic carbocycles. The van der Waals surface area contributed by atoms with Crippen molar-refractivity contribution in [1.82, 2.24) is 14.8 Å². The number of methoxy groups -OCH3 is 3. The predicted octanol–water partition coefficient (Wildman–Crippen LogP) is 4.81. The molecule has 5 rings (SSSR count). The predicted molar refractivity (Wildman–Crippen MR) is 148 cm³/mol. The van der Waals surface area contributed by atoms with Crippen molar-refractivity contribution in [2.24, 2.45) is 0 Å². The largest absolute Gasteiger partial charge is 0.497 e. The van der Waals surface area contributed by atoms with Gasteiger partial charge in [0.1, 0.15) is 23.3 Å². The van der Waals surface area contributed by atoms with Crippen LogP contribution >= 0.6 is 0 Å². The van der Waals surface area contributed by atoms with Crippen LogP contribution in [-0.2, 0) is 4.79 Å². The summed E-state index contributed by atoms with van der Waals surface area (Å²) < 4.78 is 18.1. The molecule has 40 heavy (non-hydrogen) atoms. The fourth-order valence-corrected chi connectivity index (χ4v) is 4.57. The van der Waals surface area contributed by atoms with Crippen LogP contribution in [0.25, 0.3) is 11.4 Å². The van der Waals surface area contributed by atoms with Gasteiger partial charge in [0.25, 0.3) is 11.6 Å². The summed E-state index contributed by atoms with van der Waals surface area (Å²) in [5.41, 5.74) is 2.63. The van der Waals surface area contributed by atoms with Crippen LogP contribution in [0.2, 0.25) is 0 Å². The van der Waals surface area contributed by atoms with Gasteiger partial charge in [0.2, 0.25) is 5.95 Å². The van der Waals surface area contributed by atoms with Gasteiger partial charge in [-0.1, -0.05) is 12.1 Å². The summed E-state index contributed by atoms with van der Waals surface area (Å²) in [7, 11) is 4.63. The van der Waals surface area contributed by atoms with Gasteiger partial charge in [0.05, 0.1) is 37.5 Å². The molecule has 0 radical (unpaired) electrons. The molecule has 1 atom stereocenters. The Labute approximate surface area is 229 Å². The second-order valence-electron chi connectivity index (χ2n) is 8.84. The summed E-state index contributed by atoms with van der Waals surface area (Å²) in [4.78, 5) is 29.2. The van der Waals surface area contributed by atoms with Crippen molar-refractivity contribution in [2.75, 3.05) is 32.0 Å². The van der Waals surface area contributed by atoms with E-state index in [0.717, 1.165) is 0 Å². The number of aromatic nitrogens is 3. The van der Waals surface area contributed by atoms with E-state index in [0.29, 0.717) is 57.1 Å². The van der Waals surface area contributed by atoms with Gasteiger partial charge in [0.15, 0.2) is 5.82 Å². The first-order chi connectivity index (χ1) is 19.3. The van der Waals surface area contributed by atoms with E-state index in [4.69, 9.17) is 19.3 Å². The Morgan fingerprint density at radius 1 is 1.00 bits per heavy atom. The maximum Gasteiger partial charge on any atom is 0.269 e. The fourth-order valence-electron chi connectivity index (χ4n) is 4.57. The average Bonchev–Trinajstić information content (AvgIpc) is 3.40. The van der Waals surface area contributed by atoms with Gasteiger partial charge in [0, 0.05) is 35.0 Å². The number of nitro groups is 1. The lowest BCUT2D eigenvalue weighted by Gasteiger charge is -2.29. The number of amides is 1. The van der Waals surface area contributed by atoms with E-state index >= 15 is 0 Å². The Kier molecular flexibility index (Phi) is 7.06. The molecule has 0 saturated carbocycles. The smallest absolute Gasteiger partial charge is 0.269 e. The van der Waals surface area contributed by atoms with Gasteiger partial charge in [-0.3, -0.25) is 14.9 Å². The van der Waals surface area contributed by atoms with Crippen molar-refractivity contribution < 1.29 is 23.9 Å². The van der Waals surface area contributed by atoms with Gasteiger partial charge in [-0.15, -0.1) is 5.10 Å². The number of anilines is 2. The zero-order valence-electron chi connectivity index (χ0n) is 22.2. The summed E-state index contributed by atoms with van der Waals surface area (Å²) in [6, 6.07) is 17.6. The van der Waals surface area contributed by atoms with E-state index < -0.39 is 11.0 Å². The number of para-hydroxylation sites is 2. The first-order valence-corrected chi connectivity index (χ1v) is 12.2. The highest BCUT2D eigenvalue weighted by Gasteiger charge is 2.36. The first kappa shape index (κ1) is 26.2. The molecule has 0 spiro atoms. The molecular weight excluding hydrogens is 516 g/mol. The topological polar surface area (TPSA) is 143 Å². The van der Waals surface area contributed by atoms with Crippen LogP contribution < -0.4 is 24.8 Å². The quantitative estimate of drug-likeness (QED) is 0.237. The Morgan fingerprint density at radius 3 is 2.40 bits per heavy atom. The van der Waals surface area contributed by atoms with Crippen LogP contribution in [0, 0.1) is 10.1 Å². The van der Waals surface area contributed by atoms with Crippen molar-refractivity contribution in [3.8, 4) is 28.6 Å². The van der Waals surface area contributed by atoms with Gasteiger partial charge in [-0.2, -0.15) is 4.98 Å². The molecule has 1 aliphatic heterocycles. The Morgan fingerprint density at radius 2 is 1.73 bits per heavy atom. The average molecular weight is 543 g/mol. The molecule has 2 heterocycles. The minimum absolute atomic E-state index is 0.0421. The van der Waals surface area contributed by atoms with E-state index in [2.05, 4.69) is 15.6 Å². The van der Waals surface area contributed by atoms with E-state index in [9.17, 15) is 14.9 Å². The molecule has 2 N–H and O–H groups in total. The second-order valence-corrected chi connectivity index (χ2v) is 8.84. The van der Waals surface area contributed by atoms with Gasteiger partial charge < -0.3 is 24.8 Å². The highest BCUT2D eigenvalue weighted by molar-refractivity contribution is 6.06. The number of nitro benzene ring substituents is 1. The zero-order valence-corrected chi connectivity index (χ0v) is 22.2. The van der Waals surface area contributed by atoms with Gasteiger partial charge in [-0.25, -0.2) is 4.68 Å². The Balaban J connectivity index is 1.63. The molecule has 204 valence electrons. The van der Waals surface area contributed by atoms with Crippen LogP contribution in [0.15, 0.2) is 78.0 Å².